The van der Waals surface area contributed by atoms with Gasteiger partial charge in [-0.1, -0.05) is 0 Å². The maximum atomic E-state index is 13.4. The van der Waals surface area contributed by atoms with Crippen LogP contribution in [-0.4, -0.2) is 28.0 Å². The standard InChI is InChI=1S/C21H15FN4O2S/c1-28-15-6-4-13(5-7-15)19-16(3-2-9-24-19)20(27)26-21-25-18(12-29-21)17-11-14(22)8-10-23-17/h2-12H,1H3,(H,25,26,27). The fourth-order valence-electron chi connectivity index (χ4n) is 2.73. The smallest absolute Gasteiger partial charge is 0.259 e. The molecule has 0 aliphatic carbocycles. The predicted molar refractivity (Wildman–Crippen MR) is 109 cm³/mol. The Balaban J connectivity index is 1.58. The van der Waals surface area contributed by atoms with Gasteiger partial charge in [-0.25, -0.2) is 9.37 Å². The highest BCUT2D eigenvalue weighted by Crippen LogP contribution is 2.27. The van der Waals surface area contributed by atoms with E-state index >= 15 is 0 Å². The average Bonchev–Trinajstić information content (AvgIpc) is 3.22. The molecule has 0 bridgehead atoms. The molecule has 0 radical (unpaired) electrons. The fourth-order valence-corrected chi connectivity index (χ4v) is 3.42. The topological polar surface area (TPSA) is 77.0 Å². The molecule has 6 nitrogen and oxygen atoms in total. The molecule has 0 saturated carbocycles. The maximum absolute atomic E-state index is 13.4. The molecule has 0 fully saturated rings. The van der Waals surface area contributed by atoms with Crippen molar-refractivity contribution in [2.45, 2.75) is 0 Å². The Morgan fingerprint density at radius 2 is 1.90 bits per heavy atom. The van der Waals surface area contributed by atoms with Crippen LogP contribution >= 0.6 is 11.3 Å². The van der Waals surface area contributed by atoms with Gasteiger partial charge in [0.05, 0.1) is 24.1 Å². The lowest BCUT2D eigenvalue weighted by molar-refractivity contribution is 0.102. The van der Waals surface area contributed by atoms with Crippen molar-refractivity contribution in [1.29, 1.82) is 0 Å². The minimum atomic E-state index is -0.395. The number of nitrogens with one attached hydrogen (secondary N) is 1. The Kier molecular flexibility index (Phi) is 5.26. The van der Waals surface area contributed by atoms with E-state index in [2.05, 4.69) is 20.3 Å². The fraction of sp³-hybridized carbons (Fsp3) is 0.0476. The molecule has 1 aromatic carbocycles. The molecule has 0 spiro atoms. The van der Waals surface area contributed by atoms with E-state index in [1.807, 2.05) is 24.3 Å². The SMILES string of the molecule is COc1ccc(-c2ncccc2C(=O)Nc2nc(-c3cc(F)ccn3)cs2)cc1. The number of carbonyl (C=O) groups excluding carboxylic acids is 1. The molecule has 0 aliphatic heterocycles. The summed E-state index contributed by atoms with van der Waals surface area (Å²) >= 11 is 1.24. The molecular formula is C21H15FN4O2S. The number of hydrogen-bond donors (Lipinski definition) is 1. The van der Waals surface area contributed by atoms with Gasteiger partial charge in [-0.05, 0) is 42.5 Å². The number of benzene rings is 1. The Hall–Kier alpha value is -3.65. The lowest BCUT2D eigenvalue weighted by atomic mass is 10.1. The molecule has 0 atom stereocenters. The number of rotatable bonds is 5. The zero-order valence-corrected chi connectivity index (χ0v) is 16.1. The molecule has 3 heterocycles. The third kappa shape index (κ3) is 4.12. The summed E-state index contributed by atoms with van der Waals surface area (Å²) in [6.07, 6.45) is 3.01. The average molecular weight is 406 g/mol. The molecule has 3 aromatic heterocycles. The van der Waals surface area contributed by atoms with Crippen LogP contribution in [0.4, 0.5) is 9.52 Å². The molecule has 8 heteroatoms. The summed E-state index contributed by atoms with van der Waals surface area (Å²) in [5.74, 6) is -0.0120. The van der Waals surface area contributed by atoms with E-state index in [9.17, 15) is 9.18 Å². The highest BCUT2D eigenvalue weighted by Gasteiger charge is 2.16. The van der Waals surface area contributed by atoms with Crippen LogP contribution in [0.2, 0.25) is 0 Å². The van der Waals surface area contributed by atoms with Crippen LogP contribution < -0.4 is 10.1 Å². The van der Waals surface area contributed by atoms with Crippen molar-refractivity contribution >= 4 is 22.4 Å². The third-order valence-electron chi connectivity index (χ3n) is 4.12. The van der Waals surface area contributed by atoms with Gasteiger partial charge in [-0.3, -0.25) is 20.1 Å². The number of carbonyl (C=O) groups is 1. The molecular weight excluding hydrogens is 391 g/mol. The van der Waals surface area contributed by atoms with Gasteiger partial charge in [0.1, 0.15) is 17.3 Å². The van der Waals surface area contributed by atoms with E-state index in [0.717, 1.165) is 11.3 Å². The Bertz CT molecular complexity index is 1160. The normalized spacial score (nSPS) is 10.6. The number of amides is 1. The summed E-state index contributed by atoms with van der Waals surface area (Å²) in [6.45, 7) is 0. The molecule has 1 N–H and O–H groups in total. The second-order valence-corrected chi connectivity index (χ2v) is 6.84. The van der Waals surface area contributed by atoms with Crippen LogP contribution in [0.5, 0.6) is 5.75 Å². The number of aromatic nitrogens is 3. The molecule has 4 aromatic rings. The van der Waals surface area contributed by atoms with Crippen molar-refractivity contribution in [2.75, 3.05) is 12.4 Å². The summed E-state index contributed by atoms with van der Waals surface area (Å²) in [4.78, 5) is 25.6. The van der Waals surface area contributed by atoms with E-state index in [1.54, 1.807) is 30.8 Å². The number of ether oxygens (including phenoxy) is 1. The van der Waals surface area contributed by atoms with Crippen LogP contribution in [0, 0.1) is 5.82 Å². The van der Waals surface area contributed by atoms with Crippen LogP contribution in [0.3, 0.4) is 0 Å². The summed E-state index contributed by atoms with van der Waals surface area (Å²) in [6, 6.07) is 13.3. The second kappa shape index (κ2) is 8.15. The highest BCUT2D eigenvalue weighted by atomic mass is 32.1. The summed E-state index contributed by atoms with van der Waals surface area (Å²) in [7, 11) is 1.59. The number of anilines is 1. The molecule has 1 amide bonds. The van der Waals surface area contributed by atoms with Crippen molar-refractivity contribution in [3.8, 4) is 28.4 Å². The second-order valence-electron chi connectivity index (χ2n) is 5.98. The third-order valence-corrected chi connectivity index (χ3v) is 4.88. The van der Waals surface area contributed by atoms with E-state index < -0.39 is 5.82 Å². The Morgan fingerprint density at radius 1 is 1.07 bits per heavy atom. The van der Waals surface area contributed by atoms with Crippen molar-refractivity contribution in [3.63, 3.8) is 0 Å². The van der Waals surface area contributed by atoms with Gasteiger partial charge in [-0.15, -0.1) is 11.3 Å². The molecule has 144 valence electrons. The van der Waals surface area contributed by atoms with Crippen LogP contribution in [-0.2, 0) is 0 Å². The Labute approximate surface area is 170 Å². The Morgan fingerprint density at radius 3 is 2.66 bits per heavy atom. The number of methoxy groups -OCH3 is 1. The van der Waals surface area contributed by atoms with Gasteiger partial charge >= 0.3 is 0 Å². The lowest BCUT2D eigenvalue weighted by Crippen LogP contribution is -2.13. The van der Waals surface area contributed by atoms with E-state index in [0.29, 0.717) is 27.8 Å². The molecule has 0 aliphatic rings. The number of halogens is 1. The van der Waals surface area contributed by atoms with Gasteiger partial charge in [0.15, 0.2) is 5.13 Å². The molecule has 29 heavy (non-hydrogen) atoms. The summed E-state index contributed by atoms with van der Waals surface area (Å²) < 4.78 is 18.6. The zero-order chi connectivity index (χ0) is 20.2. The summed E-state index contributed by atoms with van der Waals surface area (Å²) in [5, 5.41) is 4.88. The number of nitrogens with zero attached hydrogens (tertiary/aromatic N) is 3. The monoisotopic (exact) mass is 406 g/mol. The van der Waals surface area contributed by atoms with Crippen LogP contribution in [0.25, 0.3) is 22.6 Å². The number of hydrogen-bond acceptors (Lipinski definition) is 6. The first kappa shape index (κ1) is 18.7. The van der Waals surface area contributed by atoms with Gasteiger partial charge in [0, 0.05) is 29.4 Å². The van der Waals surface area contributed by atoms with Crippen molar-refractivity contribution in [2.24, 2.45) is 0 Å². The lowest BCUT2D eigenvalue weighted by Gasteiger charge is -2.09. The molecule has 0 saturated heterocycles. The maximum Gasteiger partial charge on any atom is 0.259 e. The summed E-state index contributed by atoms with van der Waals surface area (Å²) in [5.41, 5.74) is 2.66. The quantitative estimate of drug-likeness (QED) is 0.521. The van der Waals surface area contributed by atoms with E-state index in [4.69, 9.17) is 4.74 Å². The van der Waals surface area contributed by atoms with Crippen molar-refractivity contribution in [3.05, 3.63) is 77.7 Å². The number of pyridine rings is 2. The largest absolute Gasteiger partial charge is 0.497 e. The zero-order valence-electron chi connectivity index (χ0n) is 15.3. The molecule has 4 rings (SSSR count). The van der Waals surface area contributed by atoms with Gasteiger partial charge in [0.2, 0.25) is 0 Å². The molecule has 0 unspecified atom stereocenters. The van der Waals surface area contributed by atoms with E-state index in [1.165, 1.54) is 29.7 Å². The van der Waals surface area contributed by atoms with Crippen molar-refractivity contribution < 1.29 is 13.9 Å². The van der Waals surface area contributed by atoms with Crippen molar-refractivity contribution in [1.82, 2.24) is 15.0 Å². The van der Waals surface area contributed by atoms with Crippen LogP contribution in [0.15, 0.2) is 66.3 Å². The first-order valence-electron chi connectivity index (χ1n) is 8.62. The highest BCUT2D eigenvalue weighted by molar-refractivity contribution is 7.14. The van der Waals surface area contributed by atoms with Crippen LogP contribution in [0.1, 0.15) is 10.4 Å². The van der Waals surface area contributed by atoms with Gasteiger partial charge in [-0.2, -0.15) is 0 Å². The van der Waals surface area contributed by atoms with Gasteiger partial charge in [0.25, 0.3) is 5.91 Å². The number of thiazole rings is 1. The predicted octanol–water partition coefficient (Wildman–Crippen LogP) is 4.67. The first-order valence-corrected chi connectivity index (χ1v) is 9.50. The van der Waals surface area contributed by atoms with E-state index in [-0.39, 0.29) is 5.91 Å². The minimum absolute atomic E-state index is 0.336. The van der Waals surface area contributed by atoms with Gasteiger partial charge < -0.3 is 4.74 Å². The first-order chi connectivity index (χ1) is 14.1. The minimum Gasteiger partial charge on any atom is -0.497 e.